The predicted molar refractivity (Wildman–Crippen MR) is 111 cm³/mol. The average molecular weight is 402 g/mol. The van der Waals surface area contributed by atoms with Crippen molar-refractivity contribution in [1.82, 2.24) is 4.98 Å². The number of carbonyl (C=O) groups excluding carboxylic acids is 2. The summed E-state index contributed by atoms with van der Waals surface area (Å²) in [6.07, 6.45) is 0. The highest BCUT2D eigenvalue weighted by atomic mass is 32.2. The second-order valence-corrected chi connectivity index (χ2v) is 8.26. The van der Waals surface area contributed by atoms with Crippen LogP contribution in [0, 0.1) is 0 Å². The first-order chi connectivity index (χ1) is 12.9. The van der Waals surface area contributed by atoms with E-state index in [1.165, 1.54) is 30.0 Å². The third kappa shape index (κ3) is 4.99. The molecular formula is C19H19N3O3S2. The van der Waals surface area contributed by atoms with Gasteiger partial charge in [-0.25, -0.2) is 4.98 Å². The molecule has 1 unspecified atom stereocenters. The van der Waals surface area contributed by atoms with Gasteiger partial charge < -0.3 is 15.4 Å². The van der Waals surface area contributed by atoms with Gasteiger partial charge in [0.25, 0.3) is 0 Å². The number of aromatic nitrogens is 1. The van der Waals surface area contributed by atoms with Gasteiger partial charge >= 0.3 is 0 Å². The van der Waals surface area contributed by atoms with Crippen LogP contribution in [0.4, 0.5) is 10.8 Å². The van der Waals surface area contributed by atoms with Crippen molar-refractivity contribution in [3.63, 3.8) is 0 Å². The van der Waals surface area contributed by atoms with Gasteiger partial charge in [0.15, 0.2) is 5.13 Å². The van der Waals surface area contributed by atoms with Crippen LogP contribution in [0.2, 0.25) is 0 Å². The quantitative estimate of drug-likeness (QED) is 0.599. The van der Waals surface area contributed by atoms with Crippen LogP contribution in [0.3, 0.4) is 0 Å². The van der Waals surface area contributed by atoms with Gasteiger partial charge in [-0.15, -0.1) is 11.8 Å². The number of carbonyl (C=O) groups is 2. The number of amides is 2. The summed E-state index contributed by atoms with van der Waals surface area (Å²) in [6, 6.07) is 13.0. The lowest BCUT2D eigenvalue weighted by molar-refractivity contribution is -0.115. The minimum Gasteiger partial charge on any atom is -0.497 e. The molecular weight excluding hydrogens is 382 g/mol. The molecule has 3 aromatic rings. The average Bonchev–Trinajstić information content (AvgIpc) is 3.02. The van der Waals surface area contributed by atoms with Crippen LogP contribution in [0.1, 0.15) is 13.8 Å². The smallest absolute Gasteiger partial charge is 0.239 e. The van der Waals surface area contributed by atoms with Crippen LogP contribution in [0.15, 0.2) is 47.4 Å². The zero-order valence-electron chi connectivity index (χ0n) is 15.1. The Morgan fingerprint density at radius 2 is 2.00 bits per heavy atom. The molecule has 2 aromatic carbocycles. The summed E-state index contributed by atoms with van der Waals surface area (Å²) in [5, 5.41) is 5.85. The van der Waals surface area contributed by atoms with Gasteiger partial charge in [-0.3, -0.25) is 9.59 Å². The van der Waals surface area contributed by atoms with Gasteiger partial charge in [0, 0.05) is 17.5 Å². The number of hydrogen-bond donors (Lipinski definition) is 2. The molecule has 8 heteroatoms. The van der Waals surface area contributed by atoms with Crippen molar-refractivity contribution >= 4 is 55.9 Å². The Morgan fingerprint density at radius 1 is 1.19 bits per heavy atom. The Balaban J connectivity index is 1.66. The molecule has 0 saturated carbocycles. The summed E-state index contributed by atoms with van der Waals surface area (Å²) in [7, 11) is 1.62. The van der Waals surface area contributed by atoms with Gasteiger partial charge in [-0.1, -0.05) is 17.4 Å². The molecule has 0 radical (unpaired) electrons. The monoisotopic (exact) mass is 401 g/mol. The van der Waals surface area contributed by atoms with E-state index in [9.17, 15) is 9.59 Å². The lowest BCUT2D eigenvalue weighted by atomic mass is 10.3. The summed E-state index contributed by atoms with van der Waals surface area (Å²) < 4.78 is 6.16. The second kappa shape index (κ2) is 8.41. The first-order valence-corrected chi connectivity index (χ1v) is 9.94. The molecule has 3 rings (SSSR count). The highest BCUT2D eigenvalue weighted by Gasteiger charge is 2.17. The van der Waals surface area contributed by atoms with E-state index in [0.717, 1.165) is 20.9 Å². The molecule has 0 aliphatic carbocycles. The first kappa shape index (κ1) is 19.2. The fourth-order valence-corrected chi connectivity index (χ4v) is 4.22. The van der Waals surface area contributed by atoms with E-state index in [4.69, 9.17) is 4.74 Å². The zero-order valence-corrected chi connectivity index (χ0v) is 16.7. The fraction of sp³-hybridized carbons (Fsp3) is 0.211. The summed E-state index contributed by atoms with van der Waals surface area (Å²) in [5.41, 5.74) is 1.53. The molecule has 0 spiro atoms. The van der Waals surface area contributed by atoms with Crippen LogP contribution in [-0.2, 0) is 9.59 Å². The van der Waals surface area contributed by atoms with Crippen LogP contribution >= 0.6 is 23.1 Å². The van der Waals surface area contributed by atoms with Gasteiger partial charge in [-0.05, 0) is 43.3 Å². The van der Waals surface area contributed by atoms with E-state index in [2.05, 4.69) is 15.6 Å². The molecule has 0 saturated heterocycles. The van der Waals surface area contributed by atoms with Crippen molar-refractivity contribution in [3.8, 4) is 5.75 Å². The minimum absolute atomic E-state index is 0.129. The highest BCUT2D eigenvalue weighted by molar-refractivity contribution is 8.00. The molecule has 2 amide bonds. The standard InChI is InChI=1S/C19H19N3O3S2/c1-11(26-15-6-4-5-13(9-15)20-12(2)23)18(24)22-19-21-16-8-7-14(25-3)10-17(16)27-19/h4-11H,1-3H3,(H,20,23)(H,21,22,24). The van der Waals surface area contributed by atoms with Crippen molar-refractivity contribution in [2.45, 2.75) is 24.0 Å². The highest BCUT2D eigenvalue weighted by Crippen LogP contribution is 2.31. The van der Waals surface area contributed by atoms with E-state index in [1.807, 2.05) is 49.4 Å². The molecule has 0 fully saturated rings. The number of nitrogens with zero attached hydrogens (tertiary/aromatic N) is 1. The molecule has 0 aliphatic rings. The SMILES string of the molecule is COc1ccc2nc(NC(=O)C(C)Sc3cccc(NC(C)=O)c3)sc2c1. The number of anilines is 2. The van der Waals surface area contributed by atoms with E-state index in [-0.39, 0.29) is 17.1 Å². The van der Waals surface area contributed by atoms with E-state index in [1.54, 1.807) is 7.11 Å². The van der Waals surface area contributed by atoms with E-state index in [0.29, 0.717) is 10.8 Å². The molecule has 0 bridgehead atoms. The molecule has 27 heavy (non-hydrogen) atoms. The minimum atomic E-state index is -0.320. The summed E-state index contributed by atoms with van der Waals surface area (Å²) in [6.45, 7) is 3.30. The number of thioether (sulfide) groups is 1. The molecule has 0 aliphatic heterocycles. The predicted octanol–water partition coefficient (Wildman–Crippen LogP) is 4.38. The summed E-state index contributed by atoms with van der Waals surface area (Å²) >= 11 is 2.83. The zero-order chi connectivity index (χ0) is 19.4. The maximum absolute atomic E-state index is 12.5. The number of benzene rings is 2. The van der Waals surface area contributed by atoms with Crippen LogP contribution in [-0.4, -0.2) is 29.2 Å². The Kier molecular flexibility index (Phi) is 5.98. The Morgan fingerprint density at radius 3 is 2.74 bits per heavy atom. The fourth-order valence-electron chi connectivity index (χ4n) is 2.40. The Labute approximate surface area is 165 Å². The van der Waals surface area contributed by atoms with Crippen LogP contribution in [0.25, 0.3) is 10.2 Å². The third-order valence-corrected chi connectivity index (χ3v) is 5.69. The molecule has 1 aromatic heterocycles. The normalized spacial score (nSPS) is 11.8. The number of hydrogen-bond acceptors (Lipinski definition) is 6. The Hall–Kier alpha value is -2.58. The van der Waals surface area contributed by atoms with Crippen molar-refractivity contribution < 1.29 is 14.3 Å². The summed E-state index contributed by atoms with van der Waals surface area (Å²) in [4.78, 5) is 29.0. The second-order valence-electron chi connectivity index (χ2n) is 5.81. The number of methoxy groups -OCH3 is 1. The molecule has 2 N–H and O–H groups in total. The third-order valence-electron chi connectivity index (χ3n) is 3.66. The Bertz CT molecular complexity index is 987. The lowest BCUT2D eigenvalue weighted by Crippen LogP contribution is -2.22. The van der Waals surface area contributed by atoms with Gasteiger partial charge in [0.1, 0.15) is 5.75 Å². The van der Waals surface area contributed by atoms with E-state index < -0.39 is 0 Å². The van der Waals surface area contributed by atoms with Crippen LogP contribution in [0.5, 0.6) is 5.75 Å². The van der Waals surface area contributed by atoms with Gasteiger partial charge in [0.05, 0.1) is 22.6 Å². The molecule has 140 valence electrons. The van der Waals surface area contributed by atoms with Gasteiger partial charge in [0.2, 0.25) is 11.8 Å². The van der Waals surface area contributed by atoms with Crippen molar-refractivity contribution in [2.75, 3.05) is 17.7 Å². The largest absolute Gasteiger partial charge is 0.497 e. The topological polar surface area (TPSA) is 80.3 Å². The molecule has 1 atom stereocenters. The molecule has 1 heterocycles. The number of thiazole rings is 1. The number of ether oxygens (including phenoxy) is 1. The van der Waals surface area contributed by atoms with Crippen molar-refractivity contribution in [3.05, 3.63) is 42.5 Å². The number of rotatable bonds is 6. The molecule has 6 nitrogen and oxygen atoms in total. The maximum atomic E-state index is 12.5. The lowest BCUT2D eigenvalue weighted by Gasteiger charge is -2.11. The number of nitrogens with one attached hydrogen (secondary N) is 2. The summed E-state index contributed by atoms with van der Waals surface area (Å²) in [5.74, 6) is 0.498. The maximum Gasteiger partial charge on any atom is 0.239 e. The number of fused-ring (bicyclic) bond motifs is 1. The van der Waals surface area contributed by atoms with Gasteiger partial charge in [-0.2, -0.15) is 0 Å². The van der Waals surface area contributed by atoms with Crippen molar-refractivity contribution in [1.29, 1.82) is 0 Å². The van der Waals surface area contributed by atoms with Crippen LogP contribution < -0.4 is 15.4 Å². The van der Waals surface area contributed by atoms with E-state index >= 15 is 0 Å². The van der Waals surface area contributed by atoms with Crippen molar-refractivity contribution in [2.24, 2.45) is 0 Å². The first-order valence-electron chi connectivity index (χ1n) is 8.24.